The van der Waals surface area contributed by atoms with Crippen LogP contribution in [0.2, 0.25) is 10.0 Å². The lowest BCUT2D eigenvalue weighted by molar-refractivity contribution is 1.19. The summed E-state index contributed by atoms with van der Waals surface area (Å²) in [6.07, 6.45) is 0. The molecule has 0 radical (unpaired) electrons. The van der Waals surface area contributed by atoms with Gasteiger partial charge in [-0.1, -0.05) is 23.2 Å². The van der Waals surface area contributed by atoms with Crippen molar-refractivity contribution in [3.63, 3.8) is 0 Å². The summed E-state index contributed by atoms with van der Waals surface area (Å²) in [7, 11) is 0. The van der Waals surface area contributed by atoms with Crippen LogP contribution in [-0.4, -0.2) is 0 Å². The van der Waals surface area contributed by atoms with E-state index < -0.39 is 0 Å². The summed E-state index contributed by atoms with van der Waals surface area (Å²) in [4.78, 5) is 2.97. The quantitative estimate of drug-likeness (QED) is 0.621. The van der Waals surface area contributed by atoms with Crippen molar-refractivity contribution in [2.24, 2.45) is 0 Å². The molecule has 0 fully saturated rings. The third-order valence-electron chi connectivity index (χ3n) is 1.18. The monoisotopic (exact) mass is 187 g/mol. The normalized spacial score (nSPS) is 9.18. The molecule has 1 rings (SSSR count). The number of halogens is 2. The Hall–Kier alpha value is -0.780. The Kier molecular flexibility index (Phi) is 2.70. The lowest BCUT2D eigenvalue weighted by Crippen LogP contribution is -1.78. The van der Waals surface area contributed by atoms with Crippen LogP contribution in [0.15, 0.2) is 18.2 Å². The SMILES string of the molecule is N#[N+]Cc1cc(Cl)cc(Cl)c1. The van der Waals surface area contributed by atoms with Gasteiger partial charge in [0.2, 0.25) is 5.39 Å². The molecule has 4 heteroatoms. The van der Waals surface area contributed by atoms with E-state index >= 15 is 0 Å². The molecule has 0 unspecified atom stereocenters. The Morgan fingerprint density at radius 2 is 1.73 bits per heavy atom. The van der Waals surface area contributed by atoms with Crippen molar-refractivity contribution >= 4 is 23.2 Å². The largest absolute Gasteiger partial charge is 0.330 e. The third-order valence-corrected chi connectivity index (χ3v) is 1.61. The van der Waals surface area contributed by atoms with Gasteiger partial charge in [0, 0.05) is 15.6 Å². The first-order valence-electron chi connectivity index (χ1n) is 2.98. The highest BCUT2D eigenvalue weighted by molar-refractivity contribution is 6.34. The number of diazo groups is 1. The predicted molar refractivity (Wildman–Crippen MR) is 45.3 cm³/mol. The number of rotatable bonds is 1. The minimum atomic E-state index is 0.222. The lowest BCUT2D eigenvalue weighted by Gasteiger charge is -1.92. The highest BCUT2D eigenvalue weighted by Gasteiger charge is 2.02. The zero-order valence-electron chi connectivity index (χ0n) is 5.59. The highest BCUT2D eigenvalue weighted by atomic mass is 35.5. The van der Waals surface area contributed by atoms with Crippen molar-refractivity contribution in [2.75, 3.05) is 0 Å². The van der Waals surface area contributed by atoms with E-state index in [1.54, 1.807) is 18.2 Å². The summed E-state index contributed by atoms with van der Waals surface area (Å²) >= 11 is 11.4. The predicted octanol–water partition coefficient (Wildman–Crippen LogP) is 3.35. The van der Waals surface area contributed by atoms with E-state index in [9.17, 15) is 0 Å². The van der Waals surface area contributed by atoms with E-state index in [1.807, 2.05) is 0 Å². The molecule has 2 nitrogen and oxygen atoms in total. The molecule has 1 aromatic rings. The zero-order chi connectivity index (χ0) is 8.27. The highest BCUT2D eigenvalue weighted by Crippen LogP contribution is 2.19. The van der Waals surface area contributed by atoms with Crippen LogP contribution in [0.4, 0.5) is 0 Å². The first kappa shape index (κ1) is 8.32. The molecule has 0 atom stereocenters. The van der Waals surface area contributed by atoms with Crippen molar-refractivity contribution in [1.82, 2.24) is 0 Å². The average molecular weight is 188 g/mol. The third kappa shape index (κ3) is 2.38. The molecule has 0 spiro atoms. The van der Waals surface area contributed by atoms with Gasteiger partial charge in [0.05, 0.1) is 0 Å². The second kappa shape index (κ2) is 3.56. The van der Waals surface area contributed by atoms with Crippen LogP contribution in [-0.2, 0) is 6.54 Å². The Balaban J connectivity index is 3.01. The fourth-order valence-corrected chi connectivity index (χ4v) is 1.36. The fourth-order valence-electron chi connectivity index (χ4n) is 0.784. The zero-order valence-corrected chi connectivity index (χ0v) is 7.10. The summed E-state index contributed by atoms with van der Waals surface area (Å²) in [6.45, 7) is 0.222. The molecule has 0 saturated heterocycles. The summed E-state index contributed by atoms with van der Waals surface area (Å²) in [6, 6.07) is 5.03. The molecule has 0 bridgehead atoms. The first-order valence-corrected chi connectivity index (χ1v) is 3.74. The maximum absolute atomic E-state index is 8.24. The maximum atomic E-state index is 8.24. The molecule has 11 heavy (non-hydrogen) atoms. The van der Waals surface area contributed by atoms with E-state index in [-0.39, 0.29) is 6.54 Å². The Morgan fingerprint density at radius 1 is 1.18 bits per heavy atom. The molecule has 0 amide bonds. The van der Waals surface area contributed by atoms with Gasteiger partial charge in [-0.2, -0.15) is 0 Å². The van der Waals surface area contributed by atoms with Gasteiger partial charge in [-0.25, -0.2) is 0 Å². The summed E-state index contributed by atoms with van der Waals surface area (Å²) in [5.41, 5.74) is 0.796. The van der Waals surface area contributed by atoms with Gasteiger partial charge in [-0.3, -0.25) is 0 Å². The minimum Gasteiger partial charge on any atom is -0.0843 e. The van der Waals surface area contributed by atoms with E-state index in [0.29, 0.717) is 10.0 Å². The molecule has 0 saturated carbocycles. The van der Waals surface area contributed by atoms with Gasteiger partial charge in [0.25, 0.3) is 0 Å². The average Bonchev–Trinajstić information content (AvgIpc) is 1.85. The number of nitrogens with zero attached hydrogens (tertiary/aromatic N) is 2. The van der Waals surface area contributed by atoms with Crippen LogP contribution in [0.25, 0.3) is 4.98 Å². The summed E-state index contributed by atoms with van der Waals surface area (Å²) < 4.78 is 0. The fraction of sp³-hybridized carbons (Fsp3) is 0.143. The molecule has 0 heterocycles. The summed E-state index contributed by atoms with van der Waals surface area (Å²) in [5, 5.41) is 9.34. The van der Waals surface area contributed by atoms with Crippen molar-refractivity contribution in [1.29, 1.82) is 5.39 Å². The first-order chi connectivity index (χ1) is 5.22. The number of hydrogen-bond acceptors (Lipinski definition) is 1. The molecular weight excluding hydrogens is 183 g/mol. The van der Waals surface area contributed by atoms with E-state index in [1.165, 1.54) is 0 Å². The molecule has 0 aromatic heterocycles. The van der Waals surface area contributed by atoms with Gasteiger partial charge in [0.1, 0.15) is 4.98 Å². The molecule has 56 valence electrons. The Morgan fingerprint density at radius 3 is 2.18 bits per heavy atom. The molecule has 0 aliphatic rings. The van der Waals surface area contributed by atoms with Crippen LogP contribution < -0.4 is 0 Å². The number of benzene rings is 1. The lowest BCUT2D eigenvalue weighted by atomic mass is 10.2. The van der Waals surface area contributed by atoms with E-state index in [2.05, 4.69) is 4.98 Å². The van der Waals surface area contributed by atoms with Gasteiger partial charge in [0.15, 0.2) is 0 Å². The van der Waals surface area contributed by atoms with Crippen molar-refractivity contribution in [2.45, 2.75) is 6.54 Å². The molecular formula is C7H5Cl2N2+. The maximum Gasteiger partial charge on any atom is 0.330 e. The molecule has 0 N–H and O–H groups in total. The topological polar surface area (TPSA) is 28.1 Å². The summed E-state index contributed by atoms with van der Waals surface area (Å²) in [5.74, 6) is 0. The van der Waals surface area contributed by atoms with Crippen LogP contribution in [0.1, 0.15) is 5.56 Å². The van der Waals surface area contributed by atoms with Crippen LogP contribution in [0.5, 0.6) is 0 Å². The van der Waals surface area contributed by atoms with Crippen LogP contribution in [0, 0.1) is 5.39 Å². The molecule has 1 aromatic carbocycles. The van der Waals surface area contributed by atoms with E-state index in [0.717, 1.165) is 5.56 Å². The van der Waals surface area contributed by atoms with Crippen LogP contribution in [0.3, 0.4) is 0 Å². The smallest absolute Gasteiger partial charge is 0.0843 e. The van der Waals surface area contributed by atoms with Gasteiger partial charge in [-0.05, 0) is 18.2 Å². The van der Waals surface area contributed by atoms with Gasteiger partial charge >= 0.3 is 6.54 Å². The van der Waals surface area contributed by atoms with Gasteiger partial charge in [-0.15, -0.1) is 0 Å². The second-order valence-electron chi connectivity index (χ2n) is 2.08. The Labute approximate surface area is 74.4 Å². The number of hydrogen-bond donors (Lipinski definition) is 0. The molecule has 0 aliphatic carbocycles. The van der Waals surface area contributed by atoms with Crippen molar-refractivity contribution in [3.05, 3.63) is 38.8 Å². The minimum absolute atomic E-state index is 0.222. The standard InChI is InChI=1S/C7H5Cl2N2/c8-6-1-5(4-11-10)2-7(9)3-6/h1-3H,4H2/q+1. The Bertz CT molecular complexity index is 284. The van der Waals surface area contributed by atoms with Gasteiger partial charge < -0.3 is 0 Å². The van der Waals surface area contributed by atoms with Crippen molar-refractivity contribution < 1.29 is 0 Å². The van der Waals surface area contributed by atoms with Crippen LogP contribution >= 0.6 is 23.2 Å². The molecule has 0 aliphatic heterocycles. The van der Waals surface area contributed by atoms with E-state index in [4.69, 9.17) is 28.6 Å². The van der Waals surface area contributed by atoms with Crippen molar-refractivity contribution in [3.8, 4) is 0 Å². The second-order valence-corrected chi connectivity index (χ2v) is 2.95.